The summed E-state index contributed by atoms with van der Waals surface area (Å²) in [6.07, 6.45) is 2.91. The highest BCUT2D eigenvalue weighted by Gasteiger charge is 2.12. The van der Waals surface area contributed by atoms with Gasteiger partial charge in [-0.15, -0.1) is 0 Å². The highest BCUT2D eigenvalue weighted by Crippen LogP contribution is 2.16. The first-order valence-corrected chi connectivity index (χ1v) is 6.50. The molecule has 0 radical (unpaired) electrons. The van der Waals surface area contributed by atoms with Gasteiger partial charge in [0, 0.05) is 10.9 Å². The second-order valence-corrected chi connectivity index (χ2v) is 3.93. The molecule has 1 N–H and O–H groups in total. The molecule has 0 atom stereocenters. The number of esters is 1. The van der Waals surface area contributed by atoms with Gasteiger partial charge < -0.3 is 9.84 Å². The highest BCUT2D eigenvalue weighted by molar-refractivity contribution is 9.08. The number of aromatic nitrogens is 1. The number of nitrogens with zero attached hydrogens (tertiary/aromatic N) is 1. The molecule has 1 rings (SSSR count). The van der Waals surface area contributed by atoms with E-state index in [2.05, 4.69) is 27.5 Å². The van der Waals surface area contributed by atoms with Crippen molar-refractivity contribution in [2.24, 2.45) is 0 Å². The van der Waals surface area contributed by atoms with Crippen molar-refractivity contribution >= 4 is 27.7 Å². The minimum absolute atomic E-state index is 0.0279. The number of carbonyl (C=O) groups is 1. The first kappa shape index (κ1) is 14.4. The Morgan fingerprint density at radius 1 is 1.61 bits per heavy atom. The lowest BCUT2D eigenvalue weighted by Gasteiger charge is -2.06. The average Bonchev–Trinajstić information content (AvgIpc) is 2.38. The third-order valence-corrected chi connectivity index (χ3v) is 2.65. The van der Waals surface area contributed by atoms with E-state index in [0.29, 0.717) is 16.6 Å². The minimum Gasteiger partial charge on any atom is -0.507 e. The zero-order valence-corrected chi connectivity index (χ0v) is 11.6. The molecule has 0 spiro atoms. The summed E-state index contributed by atoms with van der Waals surface area (Å²) in [4.78, 5) is 15.8. The molecule has 1 aromatic rings. The summed E-state index contributed by atoms with van der Waals surface area (Å²) in [6, 6.07) is 3.17. The van der Waals surface area contributed by atoms with E-state index in [1.807, 2.05) is 0 Å². The van der Waals surface area contributed by atoms with Crippen LogP contribution in [0.25, 0.3) is 5.76 Å². The Morgan fingerprint density at radius 2 is 2.33 bits per heavy atom. The molecular weight excluding hydrogens is 298 g/mol. The van der Waals surface area contributed by atoms with Gasteiger partial charge in [-0.25, -0.2) is 9.78 Å². The first-order chi connectivity index (χ1) is 8.62. The number of ether oxygens (including phenoxy) is 1. The van der Waals surface area contributed by atoms with Crippen molar-refractivity contribution in [2.45, 2.75) is 12.3 Å². The average molecular weight is 312 g/mol. The maximum Gasteiger partial charge on any atom is 0.356 e. The number of carbonyl (C=O) groups excluding carboxylic acids is 1. The lowest BCUT2D eigenvalue weighted by atomic mass is 10.1. The van der Waals surface area contributed by atoms with Crippen molar-refractivity contribution < 1.29 is 14.6 Å². The fourth-order valence-corrected chi connectivity index (χ4v) is 1.61. The van der Waals surface area contributed by atoms with Crippen LogP contribution in [0, 0.1) is 0 Å². The van der Waals surface area contributed by atoms with Crippen LogP contribution in [0.15, 0.2) is 30.9 Å². The Labute approximate surface area is 114 Å². The van der Waals surface area contributed by atoms with Crippen molar-refractivity contribution in [3.63, 3.8) is 0 Å². The van der Waals surface area contributed by atoms with Crippen LogP contribution in [0.5, 0.6) is 0 Å². The Hall–Kier alpha value is -1.62. The second-order valence-electron chi connectivity index (χ2n) is 3.37. The summed E-state index contributed by atoms with van der Waals surface area (Å²) in [6.45, 7) is 5.51. The van der Waals surface area contributed by atoms with Crippen molar-refractivity contribution in [1.82, 2.24) is 4.98 Å². The summed E-state index contributed by atoms with van der Waals surface area (Å²) < 4.78 is 4.88. The number of aliphatic hydroxyl groups excluding tert-OH is 1. The molecule has 4 nitrogen and oxygen atoms in total. The number of hydrogen-bond acceptors (Lipinski definition) is 4. The van der Waals surface area contributed by atoms with E-state index in [0.717, 1.165) is 0 Å². The van der Waals surface area contributed by atoms with Crippen LogP contribution >= 0.6 is 15.9 Å². The lowest BCUT2D eigenvalue weighted by molar-refractivity contribution is 0.0519. The third kappa shape index (κ3) is 3.70. The van der Waals surface area contributed by atoms with Gasteiger partial charge in [-0.2, -0.15) is 0 Å². The molecule has 0 amide bonds. The molecule has 0 aliphatic heterocycles. The number of alkyl halides is 1. The molecule has 5 heteroatoms. The molecule has 96 valence electrons. The summed E-state index contributed by atoms with van der Waals surface area (Å²) >= 11 is 3.27. The predicted molar refractivity (Wildman–Crippen MR) is 73.6 cm³/mol. The van der Waals surface area contributed by atoms with Crippen LogP contribution < -0.4 is 0 Å². The van der Waals surface area contributed by atoms with Crippen LogP contribution in [-0.2, 0) is 10.1 Å². The maximum absolute atomic E-state index is 11.6. The van der Waals surface area contributed by atoms with Crippen LogP contribution in [0.3, 0.4) is 0 Å². The van der Waals surface area contributed by atoms with E-state index in [9.17, 15) is 9.90 Å². The Morgan fingerprint density at radius 3 is 2.89 bits per heavy atom. The topological polar surface area (TPSA) is 59.4 Å². The first-order valence-electron chi connectivity index (χ1n) is 5.38. The van der Waals surface area contributed by atoms with E-state index in [4.69, 9.17) is 4.74 Å². The van der Waals surface area contributed by atoms with Gasteiger partial charge in [-0.1, -0.05) is 28.6 Å². The number of rotatable bonds is 5. The molecule has 1 heterocycles. The zero-order valence-electron chi connectivity index (χ0n) is 10.0. The van der Waals surface area contributed by atoms with Crippen molar-refractivity contribution in [3.8, 4) is 0 Å². The molecule has 0 aromatic carbocycles. The smallest absolute Gasteiger partial charge is 0.356 e. The second kappa shape index (κ2) is 6.96. The van der Waals surface area contributed by atoms with Gasteiger partial charge in [0.1, 0.15) is 11.5 Å². The Balaban J connectivity index is 3.21. The van der Waals surface area contributed by atoms with Crippen molar-refractivity contribution in [2.75, 3.05) is 6.61 Å². The molecule has 1 aromatic heterocycles. The maximum atomic E-state index is 11.6. The molecule has 0 aliphatic rings. The van der Waals surface area contributed by atoms with Crippen LogP contribution in [0.2, 0.25) is 0 Å². The number of aliphatic hydroxyl groups is 1. The summed E-state index contributed by atoms with van der Waals surface area (Å²) in [5, 5.41) is 10.3. The van der Waals surface area contributed by atoms with Gasteiger partial charge in [0.25, 0.3) is 0 Å². The van der Waals surface area contributed by atoms with Gasteiger partial charge in [-0.05, 0) is 25.1 Å². The highest BCUT2D eigenvalue weighted by atomic mass is 79.9. The molecule has 0 saturated carbocycles. The van der Waals surface area contributed by atoms with Crippen molar-refractivity contribution in [1.29, 1.82) is 0 Å². The van der Waals surface area contributed by atoms with E-state index in [1.165, 1.54) is 18.2 Å². The molecule has 0 saturated heterocycles. The van der Waals surface area contributed by atoms with Gasteiger partial charge >= 0.3 is 5.97 Å². The van der Waals surface area contributed by atoms with Crippen LogP contribution in [-0.4, -0.2) is 22.7 Å². The van der Waals surface area contributed by atoms with E-state index >= 15 is 0 Å². The van der Waals surface area contributed by atoms with E-state index in [1.54, 1.807) is 13.0 Å². The Kier molecular flexibility index (Phi) is 5.58. The third-order valence-electron chi connectivity index (χ3n) is 2.07. The minimum atomic E-state index is -0.507. The standard InChI is InChI=1S/C13H14BrNO3/c1-3-5-12(16)9-6-10(8-14)15-11(7-9)13(17)18-4-2/h3,5-7,16H,1,4,8H2,2H3/b12-5-. The van der Waals surface area contributed by atoms with Gasteiger partial charge in [0.15, 0.2) is 0 Å². The number of allylic oxidation sites excluding steroid dienone is 2. The normalized spacial score (nSPS) is 11.1. The van der Waals surface area contributed by atoms with Crippen LogP contribution in [0.1, 0.15) is 28.7 Å². The monoisotopic (exact) mass is 311 g/mol. The SMILES string of the molecule is C=C/C=C(\O)c1cc(CBr)nc(C(=O)OCC)c1. The number of hydrogen-bond donors (Lipinski definition) is 1. The predicted octanol–water partition coefficient (Wildman–Crippen LogP) is 3.24. The van der Waals surface area contributed by atoms with E-state index in [-0.39, 0.29) is 18.1 Å². The van der Waals surface area contributed by atoms with Gasteiger partial charge in [0.2, 0.25) is 0 Å². The van der Waals surface area contributed by atoms with Gasteiger partial charge in [-0.3, -0.25) is 0 Å². The molecule has 0 fully saturated rings. The lowest BCUT2D eigenvalue weighted by Crippen LogP contribution is -2.09. The van der Waals surface area contributed by atoms with Crippen molar-refractivity contribution in [3.05, 3.63) is 47.8 Å². The molecule has 0 aliphatic carbocycles. The fourth-order valence-electron chi connectivity index (χ4n) is 1.32. The van der Waals surface area contributed by atoms with E-state index < -0.39 is 5.97 Å². The molecular formula is C13H14BrNO3. The largest absolute Gasteiger partial charge is 0.507 e. The number of pyridine rings is 1. The quantitative estimate of drug-likeness (QED) is 0.392. The van der Waals surface area contributed by atoms with Crippen LogP contribution in [0.4, 0.5) is 0 Å². The fraction of sp³-hybridized carbons (Fsp3) is 0.231. The molecule has 18 heavy (non-hydrogen) atoms. The zero-order chi connectivity index (χ0) is 13.5. The summed E-state index contributed by atoms with van der Waals surface area (Å²) in [5.74, 6) is -0.479. The molecule has 0 unspecified atom stereocenters. The number of halogens is 1. The summed E-state index contributed by atoms with van der Waals surface area (Å²) in [5.41, 5.74) is 1.31. The molecule has 0 bridgehead atoms. The van der Waals surface area contributed by atoms with Gasteiger partial charge in [0.05, 0.1) is 12.3 Å². The summed E-state index contributed by atoms with van der Waals surface area (Å²) in [7, 11) is 0. The Bertz CT molecular complexity index is 483.